The number of methoxy groups -OCH3 is 2. The largest absolute Gasteiger partial charge is 0.493 e. The summed E-state index contributed by atoms with van der Waals surface area (Å²) in [6.07, 6.45) is 1.52. The highest BCUT2D eigenvalue weighted by molar-refractivity contribution is 5.43. The lowest BCUT2D eigenvalue weighted by Gasteiger charge is -2.08. The maximum absolute atomic E-state index is 5.65. The van der Waals surface area contributed by atoms with Crippen molar-refractivity contribution in [1.29, 1.82) is 0 Å². The summed E-state index contributed by atoms with van der Waals surface area (Å²) < 4.78 is 21.5. The first-order chi connectivity index (χ1) is 10.7. The Balaban J connectivity index is 1.75. The van der Waals surface area contributed by atoms with Crippen molar-refractivity contribution in [3.05, 3.63) is 35.5 Å². The van der Waals surface area contributed by atoms with Crippen LogP contribution in [0.1, 0.15) is 36.7 Å². The summed E-state index contributed by atoms with van der Waals surface area (Å²) >= 11 is 0. The first kappa shape index (κ1) is 14.8. The first-order valence-electron chi connectivity index (χ1n) is 7.36. The van der Waals surface area contributed by atoms with Gasteiger partial charge in [0.1, 0.15) is 6.10 Å². The fourth-order valence-corrected chi connectivity index (χ4v) is 2.64. The molecule has 2 heterocycles. The zero-order valence-electron chi connectivity index (χ0n) is 13.0. The smallest absolute Gasteiger partial charge is 0.256 e. The SMILES string of the molecule is COc1ccc(Cc2noc([C@@H]3OCC[C@@H]3C)n2)cc1OC. The normalized spacial score (nSPS) is 21.0. The number of aromatic nitrogens is 2. The lowest BCUT2D eigenvalue weighted by Crippen LogP contribution is -2.04. The second-order valence-corrected chi connectivity index (χ2v) is 5.47. The van der Waals surface area contributed by atoms with E-state index in [0.29, 0.717) is 35.6 Å². The third-order valence-corrected chi connectivity index (χ3v) is 3.92. The molecule has 1 saturated heterocycles. The Morgan fingerprint density at radius 1 is 1.23 bits per heavy atom. The van der Waals surface area contributed by atoms with Crippen molar-refractivity contribution >= 4 is 0 Å². The van der Waals surface area contributed by atoms with E-state index in [1.807, 2.05) is 18.2 Å². The molecule has 0 spiro atoms. The van der Waals surface area contributed by atoms with Crippen LogP contribution >= 0.6 is 0 Å². The van der Waals surface area contributed by atoms with Gasteiger partial charge in [0.25, 0.3) is 5.89 Å². The number of hydrogen-bond acceptors (Lipinski definition) is 6. The molecule has 1 fully saturated rings. The molecule has 3 rings (SSSR count). The number of ether oxygens (including phenoxy) is 3. The fourth-order valence-electron chi connectivity index (χ4n) is 2.64. The lowest BCUT2D eigenvalue weighted by molar-refractivity contribution is 0.0661. The summed E-state index contributed by atoms with van der Waals surface area (Å²) in [4.78, 5) is 4.46. The van der Waals surface area contributed by atoms with Gasteiger partial charge in [0.2, 0.25) is 0 Å². The Hall–Kier alpha value is -2.08. The minimum absolute atomic E-state index is 0.0772. The molecule has 0 bridgehead atoms. The summed E-state index contributed by atoms with van der Waals surface area (Å²) in [5, 5.41) is 4.05. The molecule has 118 valence electrons. The molecule has 1 aliphatic rings. The zero-order chi connectivity index (χ0) is 15.5. The van der Waals surface area contributed by atoms with Crippen LogP contribution in [0.25, 0.3) is 0 Å². The van der Waals surface area contributed by atoms with Gasteiger partial charge in [-0.15, -0.1) is 0 Å². The van der Waals surface area contributed by atoms with Crippen molar-refractivity contribution in [1.82, 2.24) is 10.1 Å². The number of benzene rings is 1. The highest BCUT2D eigenvalue weighted by Crippen LogP contribution is 2.33. The molecule has 1 aromatic carbocycles. The average Bonchev–Trinajstić information content (AvgIpc) is 3.15. The number of hydrogen-bond donors (Lipinski definition) is 0. The van der Waals surface area contributed by atoms with Gasteiger partial charge in [0.05, 0.1) is 14.2 Å². The third kappa shape index (κ3) is 2.92. The van der Waals surface area contributed by atoms with Crippen LogP contribution in [-0.4, -0.2) is 31.0 Å². The maximum Gasteiger partial charge on any atom is 0.256 e. The van der Waals surface area contributed by atoms with Gasteiger partial charge in [0.15, 0.2) is 17.3 Å². The van der Waals surface area contributed by atoms with Crippen LogP contribution in [0, 0.1) is 5.92 Å². The van der Waals surface area contributed by atoms with Gasteiger partial charge < -0.3 is 18.7 Å². The molecule has 22 heavy (non-hydrogen) atoms. The van der Waals surface area contributed by atoms with Crippen molar-refractivity contribution in [2.45, 2.75) is 25.9 Å². The Bertz CT molecular complexity index is 641. The molecule has 2 aromatic rings. The first-order valence-corrected chi connectivity index (χ1v) is 7.36. The van der Waals surface area contributed by atoms with Crippen LogP contribution < -0.4 is 9.47 Å². The van der Waals surface area contributed by atoms with Crippen LogP contribution in [0.2, 0.25) is 0 Å². The average molecular weight is 304 g/mol. The van der Waals surface area contributed by atoms with Crippen molar-refractivity contribution in [3.63, 3.8) is 0 Å². The van der Waals surface area contributed by atoms with Gasteiger partial charge in [-0.2, -0.15) is 4.98 Å². The molecule has 1 aromatic heterocycles. The van der Waals surface area contributed by atoms with Crippen molar-refractivity contribution in [2.75, 3.05) is 20.8 Å². The standard InChI is InChI=1S/C16H20N2O4/c1-10-6-7-21-15(10)16-17-14(18-22-16)9-11-4-5-12(19-2)13(8-11)20-3/h4-5,8,10,15H,6-7,9H2,1-3H3/t10-,15+/m0/s1. The predicted octanol–water partition coefficient (Wildman–Crippen LogP) is 2.78. The second-order valence-electron chi connectivity index (χ2n) is 5.47. The maximum atomic E-state index is 5.65. The van der Waals surface area contributed by atoms with E-state index < -0.39 is 0 Å². The van der Waals surface area contributed by atoms with E-state index in [0.717, 1.165) is 18.6 Å². The molecular formula is C16H20N2O4. The van der Waals surface area contributed by atoms with Crippen molar-refractivity contribution in [2.24, 2.45) is 5.92 Å². The molecule has 6 heteroatoms. The van der Waals surface area contributed by atoms with Crippen LogP contribution in [0.4, 0.5) is 0 Å². The molecule has 6 nitrogen and oxygen atoms in total. The van der Waals surface area contributed by atoms with Crippen LogP contribution in [0.3, 0.4) is 0 Å². The quantitative estimate of drug-likeness (QED) is 0.846. The van der Waals surface area contributed by atoms with E-state index in [-0.39, 0.29) is 6.10 Å². The van der Waals surface area contributed by atoms with E-state index >= 15 is 0 Å². The number of nitrogens with zero attached hydrogens (tertiary/aromatic N) is 2. The van der Waals surface area contributed by atoms with Crippen LogP contribution in [-0.2, 0) is 11.2 Å². The topological polar surface area (TPSA) is 66.6 Å². The monoisotopic (exact) mass is 304 g/mol. The molecule has 0 unspecified atom stereocenters. The van der Waals surface area contributed by atoms with Gasteiger partial charge >= 0.3 is 0 Å². The van der Waals surface area contributed by atoms with Gasteiger partial charge in [-0.05, 0) is 30.0 Å². The predicted molar refractivity (Wildman–Crippen MR) is 79.1 cm³/mol. The molecule has 0 aliphatic carbocycles. The van der Waals surface area contributed by atoms with Gasteiger partial charge in [-0.25, -0.2) is 0 Å². The summed E-state index contributed by atoms with van der Waals surface area (Å²) in [7, 11) is 3.23. The molecule has 0 amide bonds. The van der Waals surface area contributed by atoms with Crippen LogP contribution in [0.15, 0.2) is 22.7 Å². The Morgan fingerprint density at radius 2 is 2.05 bits per heavy atom. The van der Waals surface area contributed by atoms with E-state index in [4.69, 9.17) is 18.7 Å². The molecule has 0 N–H and O–H groups in total. The Labute approximate surface area is 129 Å². The number of rotatable bonds is 5. The summed E-state index contributed by atoms with van der Waals surface area (Å²) in [6, 6.07) is 5.76. The second kappa shape index (κ2) is 6.36. The van der Waals surface area contributed by atoms with E-state index in [9.17, 15) is 0 Å². The van der Waals surface area contributed by atoms with E-state index in [2.05, 4.69) is 17.1 Å². The van der Waals surface area contributed by atoms with Crippen LogP contribution in [0.5, 0.6) is 11.5 Å². The van der Waals surface area contributed by atoms with Gasteiger partial charge in [0, 0.05) is 13.0 Å². The zero-order valence-corrected chi connectivity index (χ0v) is 13.0. The van der Waals surface area contributed by atoms with Gasteiger partial charge in [-0.3, -0.25) is 0 Å². The third-order valence-electron chi connectivity index (χ3n) is 3.92. The van der Waals surface area contributed by atoms with E-state index in [1.165, 1.54) is 0 Å². The fraction of sp³-hybridized carbons (Fsp3) is 0.500. The molecular weight excluding hydrogens is 284 g/mol. The van der Waals surface area contributed by atoms with E-state index in [1.54, 1.807) is 14.2 Å². The molecule has 0 saturated carbocycles. The molecule has 1 aliphatic heterocycles. The Morgan fingerprint density at radius 3 is 2.73 bits per heavy atom. The lowest BCUT2D eigenvalue weighted by atomic mass is 10.0. The summed E-state index contributed by atoms with van der Waals surface area (Å²) in [5.41, 5.74) is 1.03. The summed E-state index contributed by atoms with van der Waals surface area (Å²) in [5.74, 6) is 3.02. The highest BCUT2D eigenvalue weighted by atomic mass is 16.5. The highest BCUT2D eigenvalue weighted by Gasteiger charge is 2.30. The Kier molecular flexibility index (Phi) is 4.29. The van der Waals surface area contributed by atoms with Gasteiger partial charge in [-0.1, -0.05) is 18.1 Å². The minimum Gasteiger partial charge on any atom is -0.493 e. The van der Waals surface area contributed by atoms with Crippen molar-refractivity contribution in [3.8, 4) is 11.5 Å². The molecule has 0 radical (unpaired) electrons. The molecule has 2 atom stereocenters. The summed E-state index contributed by atoms with van der Waals surface area (Å²) in [6.45, 7) is 2.88. The van der Waals surface area contributed by atoms with Crippen molar-refractivity contribution < 1.29 is 18.7 Å². The minimum atomic E-state index is -0.0772.